The third-order valence-electron chi connectivity index (χ3n) is 18.8. The number of hydrogen-bond donors (Lipinski definition) is 0. The van der Waals surface area contributed by atoms with E-state index < -0.39 is 0 Å². The summed E-state index contributed by atoms with van der Waals surface area (Å²) < 4.78 is 21.7. The van der Waals surface area contributed by atoms with Crippen molar-refractivity contribution in [3.05, 3.63) is 303 Å². The molecule has 0 radical (unpaired) electrons. The molecule has 10 heteroatoms. The van der Waals surface area contributed by atoms with Crippen molar-refractivity contribution in [1.29, 1.82) is 0 Å². The van der Waals surface area contributed by atoms with E-state index in [1.807, 2.05) is 36.4 Å². The fourth-order valence-corrected chi connectivity index (χ4v) is 15.0. The lowest BCUT2D eigenvalue weighted by Gasteiger charge is -2.33. The Morgan fingerprint density at radius 2 is 0.692 bits per heavy atom. The first-order valence-corrected chi connectivity index (χ1v) is 31.0. The minimum atomic E-state index is -0.294. The summed E-state index contributed by atoms with van der Waals surface area (Å²) in [5.41, 5.74) is 19.2. The lowest BCUT2D eigenvalue weighted by atomic mass is 9.32. The van der Waals surface area contributed by atoms with Crippen LogP contribution in [-0.2, 0) is 0 Å². The highest BCUT2D eigenvalue weighted by molar-refractivity contribution is 7.00. The maximum Gasteiger partial charge on any atom is 0.253 e. The minimum Gasteiger partial charge on any atom is -0.458 e. The molecule has 8 nitrogen and oxygen atoms in total. The number of benzene rings is 13. The molecule has 17 aromatic rings. The largest absolute Gasteiger partial charge is 0.458 e. The highest BCUT2D eigenvalue weighted by Crippen LogP contribution is 2.44. The van der Waals surface area contributed by atoms with Crippen molar-refractivity contribution in [2.45, 2.75) is 0 Å². The van der Waals surface area contributed by atoms with Crippen LogP contribution in [0.25, 0.3) is 117 Å². The van der Waals surface area contributed by atoms with Gasteiger partial charge >= 0.3 is 0 Å². The van der Waals surface area contributed by atoms with Crippen LogP contribution in [0.2, 0.25) is 0 Å². The predicted octanol–water partition coefficient (Wildman–Crippen LogP) is 15.4. The number of hydrogen-bond acceptors (Lipinski definition) is 5. The number of fused-ring (bicyclic) bond motifs is 14. The second-order valence-corrected chi connectivity index (χ2v) is 23.7. The molecule has 19 rings (SSSR count). The van der Waals surface area contributed by atoms with E-state index in [1.165, 1.54) is 27.1 Å². The lowest BCUT2D eigenvalue weighted by Crippen LogP contribution is -2.60. The predicted molar refractivity (Wildman–Crippen MR) is 374 cm³/mol. The highest BCUT2D eigenvalue weighted by Gasteiger charge is 2.41. The van der Waals surface area contributed by atoms with Gasteiger partial charge < -0.3 is 23.2 Å². The van der Waals surface area contributed by atoms with Crippen LogP contribution in [0, 0.1) is 0 Å². The third kappa shape index (κ3) is 7.82. The van der Waals surface area contributed by atoms with Crippen LogP contribution in [0.5, 0.6) is 23.0 Å². The van der Waals surface area contributed by atoms with E-state index in [9.17, 15) is 0 Å². The molecule has 0 saturated carbocycles. The van der Waals surface area contributed by atoms with Gasteiger partial charge in [-0.15, -0.1) is 0 Å². The van der Waals surface area contributed by atoms with Gasteiger partial charge in [0.15, 0.2) is 17.5 Å². The molecule has 2 aliphatic rings. The molecular formula is C81H50B2N6O2. The molecule has 6 heterocycles. The van der Waals surface area contributed by atoms with Crippen molar-refractivity contribution in [1.82, 2.24) is 28.7 Å². The summed E-state index contributed by atoms with van der Waals surface area (Å²) in [6.45, 7) is -0.561. The number of para-hydroxylation sites is 9. The SMILES string of the molecule is c1ccc(-c2nc(-c3ccccc3)nc(-c3cccc4c5ccccc5n(-c5ccccc5B5c6ccccc6Oc6cc7c(cc65)B(c5ccccc5-n5c6ccccc6c6ccc8c(c9ccccc9n8-c8ccccc8)c65)c5ccccc5O7)c34)n2)cc1. The van der Waals surface area contributed by atoms with E-state index in [2.05, 4.69) is 281 Å². The molecule has 0 bridgehead atoms. The Kier molecular flexibility index (Phi) is 11.4. The summed E-state index contributed by atoms with van der Waals surface area (Å²) in [5.74, 6) is 4.92. The van der Waals surface area contributed by atoms with Gasteiger partial charge in [-0.2, -0.15) is 0 Å². The molecule has 422 valence electrons. The van der Waals surface area contributed by atoms with Gasteiger partial charge in [0.2, 0.25) is 0 Å². The molecular weight excluding hydrogens is 1110 g/mol. The van der Waals surface area contributed by atoms with E-state index in [4.69, 9.17) is 24.4 Å². The fourth-order valence-electron chi connectivity index (χ4n) is 15.0. The van der Waals surface area contributed by atoms with Gasteiger partial charge in [0.1, 0.15) is 23.0 Å². The molecule has 0 aliphatic carbocycles. The standard InChI is InChI=1S/C81H50B2N6O2/c1-4-25-51(26-5-1)79-84-80(52-27-6-2-7-28-52)86-81(85-79)59-35-24-34-56-54-31-10-17-40-66(54)88(77(56)59)69-43-20-13-36-60(69)82-62-38-15-22-45-72(62)90-74-50-75-65(49-64(74)82)83(63-39-16-23-46-73(63)91-75)61-37-14-21-44-70(61)89-67-41-18-11-32-55(67)57-47-48-71-76(78(57)89)58-33-12-19-42-68(58)87(71)53-29-8-3-9-30-53/h1-50H. The van der Waals surface area contributed by atoms with Crippen LogP contribution in [-0.4, -0.2) is 42.1 Å². The summed E-state index contributed by atoms with van der Waals surface area (Å²) in [6.07, 6.45) is 0. The molecule has 0 spiro atoms. The Morgan fingerprint density at radius 3 is 1.26 bits per heavy atom. The van der Waals surface area contributed by atoms with Crippen molar-refractivity contribution in [3.63, 3.8) is 0 Å². The number of ether oxygens (including phenoxy) is 2. The van der Waals surface area contributed by atoms with Gasteiger partial charge in [0.25, 0.3) is 13.4 Å². The Bertz CT molecular complexity index is 5760. The quantitative estimate of drug-likeness (QED) is 0.142. The molecule has 13 aromatic carbocycles. The molecule has 0 fully saturated rings. The van der Waals surface area contributed by atoms with Crippen LogP contribution in [0.3, 0.4) is 0 Å². The Morgan fingerprint density at radius 1 is 0.264 bits per heavy atom. The summed E-state index contributed by atoms with van der Waals surface area (Å²) in [7, 11) is 0. The first-order chi connectivity index (χ1) is 45.2. The van der Waals surface area contributed by atoms with Crippen molar-refractivity contribution in [3.8, 4) is 74.2 Å². The van der Waals surface area contributed by atoms with Crippen molar-refractivity contribution in [2.24, 2.45) is 0 Å². The summed E-state index contributed by atoms with van der Waals surface area (Å²) >= 11 is 0. The topological polar surface area (TPSA) is 71.9 Å². The Hall–Kier alpha value is -12.0. The van der Waals surface area contributed by atoms with Gasteiger partial charge in [-0.1, -0.05) is 231 Å². The van der Waals surface area contributed by atoms with Crippen LogP contribution in [0.4, 0.5) is 0 Å². The number of aromatic nitrogens is 6. The summed E-state index contributed by atoms with van der Waals surface area (Å²) in [4.78, 5) is 15.8. The maximum absolute atomic E-state index is 7.14. The average molecular weight is 1160 g/mol. The molecule has 2 aliphatic heterocycles. The van der Waals surface area contributed by atoms with Gasteiger partial charge in [0, 0.05) is 72.1 Å². The Labute approximate surface area is 524 Å². The maximum atomic E-state index is 7.14. The van der Waals surface area contributed by atoms with Crippen molar-refractivity contribution >= 4 is 112 Å². The number of rotatable bonds is 8. The smallest absolute Gasteiger partial charge is 0.253 e. The zero-order valence-corrected chi connectivity index (χ0v) is 49.0. The van der Waals surface area contributed by atoms with E-state index in [-0.39, 0.29) is 13.4 Å². The Balaban J connectivity index is 0.841. The molecule has 0 atom stereocenters. The third-order valence-corrected chi connectivity index (χ3v) is 18.8. The zero-order chi connectivity index (χ0) is 59.7. The van der Waals surface area contributed by atoms with E-state index in [0.29, 0.717) is 17.5 Å². The minimum absolute atomic E-state index is 0.266. The van der Waals surface area contributed by atoms with Gasteiger partial charge in [-0.25, -0.2) is 15.0 Å². The van der Waals surface area contributed by atoms with Crippen LogP contribution < -0.4 is 42.3 Å². The van der Waals surface area contributed by atoms with E-state index >= 15 is 0 Å². The van der Waals surface area contributed by atoms with Gasteiger partial charge in [0.05, 0.1) is 33.1 Å². The second-order valence-electron chi connectivity index (χ2n) is 23.7. The first kappa shape index (κ1) is 51.1. The van der Waals surface area contributed by atoms with Gasteiger partial charge in [-0.05, 0) is 99.5 Å². The summed E-state index contributed by atoms with van der Waals surface area (Å²) in [5, 5.41) is 7.02. The van der Waals surface area contributed by atoms with Crippen LogP contribution in [0.1, 0.15) is 0 Å². The van der Waals surface area contributed by atoms with Gasteiger partial charge in [-0.3, -0.25) is 0 Å². The first-order valence-electron chi connectivity index (χ1n) is 31.0. The van der Waals surface area contributed by atoms with Crippen molar-refractivity contribution < 1.29 is 9.47 Å². The normalized spacial score (nSPS) is 12.5. The molecule has 0 unspecified atom stereocenters. The fraction of sp³-hybridized carbons (Fsp3) is 0. The van der Waals surface area contributed by atoms with E-state index in [0.717, 1.165) is 128 Å². The number of nitrogens with zero attached hydrogens (tertiary/aromatic N) is 6. The zero-order valence-electron chi connectivity index (χ0n) is 49.0. The second kappa shape index (κ2) is 20.3. The highest BCUT2D eigenvalue weighted by atomic mass is 16.5. The molecule has 4 aromatic heterocycles. The van der Waals surface area contributed by atoms with Crippen LogP contribution in [0.15, 0.2) is 303 Å². The van der Waals surface area contributed by atoms with Crippen LogP contribution >= 0.6 is 0 Å². The molecule has 0 saturated heterocycles. The molecule has 91 heavy (non-hydrogen) atoms. The molecule has 0 N–H and O–H groups in total. The summed E-state index contributed by atoms with van der Waals surface area (Å²) in [6, 6.07) is 108. The molecule has 0 amide bonds. The van der Waals surface area contributed by atoms with E-state index in [1.54, 1.807) is 0 Å². The average Bonchev–Trinajstić information content (AvgIpc) is 1.67. The monoisotopic (exact) mass is 1160 g/mol. The van der Waals surface area contributed by atoms with Crippen molar-refractivity contribution in [2.75, 3.05) is 0 Å². The lowest BCUT2D eigenvalue weighted by molar-refractivity contribution is 0.465.